The van der Waals surface area contributed by atoms with Crippen molar-refractivity contribution in [1.29, 1.82) is 0 Å². The average molecular weight is 184 g/mol. The van der Waals surface area contributed by atoms with E-state index in [9.17, 15) is 0 Å². The third-order valence-corrected chi connectivity index (χ3v) is 3.03. The van der Waals surface area contributed by atoms with Crippen LogP contribution >= 0.6 is 0 Å². The van der Waals surface area contributed by atoms with Crippen molar-refractivity contribution in [3.63, 3.8) is 0 Å². The van der Waals surface area contributed by atoms with Crippen LogP contribution in [-0.4, -0.2) is 0 Å². The van der Waals surface area contributed by atoms with E-state index in [2.05, 4.69) is 44.7 Å². The Balaban J connectivity index is 2.46. The van der Waals surface area contributed by atoms with E-state index >= 15 is 0 Å². The topological polar surface area (TPSA) is 0 Å². The molecule has 0 saturated carbocycles. The monoisotopic (exact) mass is 184 g/mol. The molecule has 0 aliphatic heterocycles. The molecule has 0 radical (unpaired) electrons. The number of rotatable bonds is 1. The van der Waals surface area contributed by atoms with Gasteiger partial charge in [0, 0.05) is 0 Å². The summed E-state index contributed by atoms with van der Waals surface area (Å²) in [5.41, 5.74) is 6.90. The number of allylic oxidation sites excluding steroid dienone is 3. The zero-order chi connectivity index (χ0) is 10.1. The molecule has 1 aromatic carbocycles. The van der Waals surface area contributed by atoms with Gasteiger partial charge in [0.1, 0.15) is 0 Å². The van der Waals surface area contributed by atoms with Crippen LogP contribution in [0.1, 0.15) is 30.9 Å². The standard InChI is InChI=1S/C14H16/c1-10-5-4-6-13(9-10)14-8-7-11(2)12(14)3/h4-6,9H,2,7-8H2,1,3H3. The summed E-state index contributed by atoms with van der Waals surface area (Å²) in [4.78, 5) is 0. The maximum Gasteiger partial charge on any atom is -0.0219 e. The van der Waals surface area contributed by atoms with E-state index in [1.807, 2.05) is 0 Å². The van der Waals surface area contributed by atoms with Crippen molar-refractivity contribution >= 4 is 5.57 Å². The Morgan fingerprint density at radius 1 is 1.14 bits per heavy atom. The van der Waals surface area contributed by atoms with Gasteiger partial charge < -0.3 is 0 Å². The van der Waals surface area contributed by atoms with Crippen LogP contribution in [0, 0.1) is 6.92 Å². The van der Waals surface area contributed by atoms with E-state index in [-0.39, 0.29) is 0 Å². The van der Waals surface area contributed by atoms with Gasteiger partial charge in [0.15, 0.2) is 0 Å². The lowest BCUT2D eigenvalue weighted by Gasteiger charge is -2.04. The first kappa shape index (κ1) is 9.26. The Bertz CT molecular complexity index is 408. The van der Waals surface area contributed by atoms with Crippen LogP contribution in [0.3, 0.4) is 0 Å². The highest BCUT2D eigenvalue weighted by atomic mass is 14.2. The zero-order valence-corrected chi connectivity index (χ0v) is 8.93. The second kappa shape index (κ2) is 3.45. The molecule has 0 unspecified atom stereocenters. The molecule has 72 valence electrons. The van der Waals surface area contributed by atoms with E-state index in [0.717, 1.165) is 12.8 Å². The molecule has 0 fully saturated rings. The number of hydrogen-bond donors (Lipinski definition) is 0. The molecule has 0 nitrogen and oxygen atoms in total. The lowest BCUT2D eigenvalue weighted by molar-refractivity contribution is 1.07. The Hall–Kier alpha value is -1.30. The lowest BCUT2D eigenvalue weighted by atomic mass is 10.0. The summed E-state index contributed by atoms with van der Waals surface area (Å²) >= 11 is 0. The molecule has 1 aliphatic carbocycles. The third kappa shape index (κ3) is 1.52. The number of hydrogen-bond acceptors (Lipinski definition) is 0. The van der Waals surface area contributed by atoms with Gasteiger partial charge in [0.05, 0.1) is 0 Å². The van der Waals surface area contributed by atoms with E-state index in [4.69, 9.17) is 0 Å². The fourth-order valence-corrected chi connectivity index (χ4v) is 2.06. The minimum absolute atomic E-state index is 1.13. The largest absolute Gasteiger partial charge is 0.0955 e. The van der Waals surface area contributed by atoms with Gasteiger partial charge in [-0.2, -0.15) is 0 Å². The predicted octanol–water partition coefficient (Wildman–Crippen LogP) is 4.12. The smallest absolute Gasteiger partial charge is 0.0219 e. The normalized spacial score (nSPS) is 16.6. The molecule has 0 bridgehead atoms. The van der Waals surface area contributed by atoms with Crippen LogP contribution < -0.4 is 0 Å². The average Bonchev–Trinajstić information content (AvgIpc) is 2.48. The van der Waals surface area contributed by atoms with E-state index in [0.29, 0.717) is 0 Å². The first-order valence-corrected chi connectivity index (χ1v) is 5.13. The molecule has 1 aromatic rings. The zero-order valence-electron chi connectivity index (χ0n) is 8.93. The molecule has 14 heavy (non-hydrogen) atoms. The van der Waals surface area contributed by atoms with Gasteiger partial charge in [0.2, 0.25) is 0 Å². The molecule has 2 rings (SSSR count). The fraction of sp³-hybridized carbons (Fsp3) is 0.286. The minimum atomic E-state index is 1.13. The molecule has 0 aromatic heterocycles. The summed E-state index contributed by atoms with van der Waals surface area (Å²) < 4.78 is 0. The van der Waals surface area contributed by atoms with Crippen LogP contribution in [0.4, 0.5) is 0 Å². The van der Waals surface area contributed by atoms with Crippen molar-refractivity contribution in [3.05, 3.63) is 53.1 Å². The van der Waals surface area contributed by atoms with Gasteiger partial charge in [-0.15, -0.1) is 0 Å². The van der Waals surface area contributed by atoms with Crippen molar-refractivity contribution in [2.75, 3.05) is 0 Å². The quantitative estimate of drug-likeness (QED) is 0.616. The van der Waals surface area contributed by atoms with Crippen molar-refractivity contribution in [2.24, 2.45) is 0 Å². The Kier molecular flexibility index (Phi) is 2.28. The molecule has 1 aliphatic rings. The molecule has 0 heterocycles. The third-order valence-electron chi connectivity index (χ3n) is 3.03. The van der Waals surface area contributed by atoms with Gasteiger partial charge in [-0.3, -0.25) is 0 Å². The Morgan fingerprint density at radius 2 is 1.93 bits per heavy atom. The van der Waals surface area contributed by atoms with Crippen molar-refractivity contribution in [1.82, 2.24) is 0 Å². The van der Waals surface area contributed by atoms with Crippen molar-refractivity contribution < 1.29 is 0 Å². The van der Waals surface area contributed by atoms with Gasteiger partial charge >= 0.3 is 0 Å². The van der Waals surface area contributed by atoms with Gasteiger partial charge in [0.25, 0.3) is 0 Å². The molecular formula is C14H16. The second-order valence-corrected chi connectivity index (χ2v) is 4.08. The molecule has 0 heteroatoms. The first-order chi connectivity index (χ1) is 6.68. The molecule has 0 amide bonds. The lowest BCUT2D eigenvalue weighted by Crippen LogP contribution is -1.83. The van der Waals surface area contributed by atoms with Crippen LogP contribution in [0.2, 0.25) is 0 Å². The second-order valence-electron chi connectivity index (χ2n) is 4.08. The highest BCUT2D eigenvalue weighted by Gasteiger charge is 2.15. The summed E-state index contributed by atoms with van der Waals surface area (Å²) in [6, 6.07) is 8.73. The highest BCUT2D eigenvalue weighted by Crippen LogP contribution is 2.36. The van der Waals surface area contributed by atoms with Gasteiger partial charge in [-0.05, 0) is 43.4 Å². The summed E-state index contributed by atoms with van der Waals surface area (Å²) in [7, 11) is 0. The fourth-order valence-electron chi connectivity index (χ4n) is 2.06. The number of aryl methyl sites for hydroxylation is 1. The molecule has 0 N–H and O–H groups in total. The summed E-state index contributed by atoms with van der Waals surface area (Å²) in [6.07, 6.45) is 2.29. The SMILES string of the molecule is C=C1CCC(c2cccc(C)c2)=C1C. The first-order valence-electron chi connectivity index (χ1n) is 5.13. The van der Waals surface area contributed by atoms with Crippen LogP contribution in [0.5, 0.6) is 0 Å². The van der Waals surface area contributed by atoms with Crippen LogP contribution in [0.25, 0.3) is 5.57 Å². The maximum atomic E-state index is 4.08. The summed E-state index contributed by atoms with van der Waals surface area (Å²) in [6.45, 7) is 8.41. The van der Waals surface area contributed by atoms with Gasteiger partial charge in [-0.25, -0.2) is 0 Å². The molecule has 0 spiro atoms. The Morgan fingerprint density at radius 3 is 2.50 bits per heavy atom. The highest BCUT2D eigenvalue weighted by molar-refractivity contribution is 5.75. The van der Waals surface area contributed by atoms with E-state index in [1.54, 1.807) is 0 Å². The molecule has 0 atom stereocenters. The van der Waals surface area contributed by atoms with Crippen LogP contribution in [-0.2, 0) is 0 Å². The maximum absolute atomic E-state index is 4.08. The van der Waals surface area contributed by atoms with E-state index < -0.39 is 0 Å². The van der Waals surface area contributed by atoms with E-state index in [1.165, 1.54) is 27.8 Å². The van der Waals surface area contributed by atoms with Crippen molar-refractivity contribution in [2.45, 2.75) is 26.7 Å². The number of benzene rings is 1. The summed E-state index contributed by atoms with van der Waals surface area (Å²) in [5, 5.41) is 0. The predicted molar refractivity (Wildman–Crippen MR) is 62.1 cm³/mol. The van der Waals surface area contributed by atoms with Crippen molar-refractivity contribution in [3.8, 4) is 0 Å². The minimum Gasteiger partial charge on any atom is -0.0955 e. The Labute approximate surface area is 86.0 Å². The summed E-state index contributed by atoms with van der Waals surface area (Å²) in [5.74, 6) is 0. The van der Waals surface area contributed by atoms with Crippen LogP contribution in [0.15, 0.2) is 42.0 Å². The van der Waals surface area contributed by atoms with Gasteiger partial charge in [-0.1, -0.05) is 42.0 Å². The molecular weight excluding hydrogens is 168 g/mol. The molecule has 0 saturated heterocycles.